The number of rotatable bonds is 6. The number of benzene rings is 3. The van der Waals surface area contributed by atoms with E-state index in [-0.39, 0.29) is 0 Å². The minimum absolute atomic E-state index is 0.305. The smallest absolute Gasteiger partial charge is 0.262 e. The summed E-state index contributed by atoms with van der Waals surface area (Å²) in [6, 6.07) is 19.4. The number of nitrogens with one attached hydrogen (secondary N) is 1. The predicted molar refractivity (Wildman–Crippen MR) is 114 cm³/mol. The van der Waals surface area contributed by atoms with E-state index in [1.54, 1.807) is 26.2 Å². The van der Waals surface area contributed by atoms with Crippen LogP contribution in [0.25, 0.3) is 0 Å². The van der Waals surface area contributed by atoms with Gasteiger partial charge in [0.05, 0.1) is 12.0 Å². The van der Waals surface area contributed by atoms with Gasteiger partial charge in [0.2, 0.25) is 0 Å². The maximum atomic E-state index is 13.1. The molecular formula is C23H25NO3S. The number of hydrogen-bond acceptors (Lipinski definition) is 3. The van der Waals surface area contributed by atoms with Crippen molar-refractivity contribution >= 4 is 15.7 Å². The van der Waals surface area contributed by atoms with Crippen LogP contribution in [0.5, 0.6) is 5.75 Å². The summed E-state index contributed by atoms with van der Waals surface area (Å²) in [5, 5.41) is 0. The first-order valence-electron chi connectivity index (χ1n) is 9.12. The van der Waals surface area contributed by atoms with Gasteiger partial charge in [-0.25, -0.2) is 8.42 Å². The van der Waals surface area contributed by atoms with Crippen molar-refractivity contribution in [2.45, 2.75) is 32.1 Å². The Morgan fingerprint density at radius 1 is 0.857 bits per heavy atom. The van der Waals surface area contributed by atoms with Crippen LogP contribution >= 0.6 is 0 Å². The van der Waals surface area contributed by atoms with Crippen molar-refractivity contribution in [2.24, 2.45) is 0 Å². The summed E-state index contributed by atoms with van der Waals surface area (Å²) in [7, 11) is -2.13. The van der Waals surface area contributed by atoms with Gasteiger partial charge in [-0.05, 0) is 73.2 Å². The van der Waals surface area contributed by atoms with E-state index in [9.17, 15) is 8.42 Å². The predicted octanol–water partition coefficient (Wildman–Crippen LogP) is 5.01. The van der Waals surface area contributed by atoms with E-state index in [4.69, 9.17) is 4.74 Å². The standard InChI is InChI=1S/C23H25NO3S/c1-16-13-22(27-4)17(2)18(3)23(16)28(25,26)24-21-12-8-11-20(15-21)14-19-9-6-5-7-10-19/h5-13,15,24H,14H2,1-4H3. The lowest BCUT2D eigenvalue weighted by atomic mass is 10.0. The molecule has 146 valence electrons. The lowest BCUT2D eigenvalue weighted by molar-refractivity contribution is 0.410. The van der Waals surface area contributed by atoms with Gasteiger partial charge in [0.1, 0.15) is 5.75 Å². The van der Waals surface area contributed by atoms with Gasteiger partial charge in [0.25, 0.3) is 10.0 Å². The van der Waals surface area contributed by atoms with Crippen molar-refractivity contribution < 1.29 is 13.2 Å². The van der Waals surface area contributed by atoms with E-state index in [2.05, 4.69) is 16.9 Å². The largest absolute Gasteiger partial charge is 0.496 e. The Hall–Kier alpha value is -2.79. The molecule has 0 aromatic heterocycles. The van der Waals surface area contributed by atoms with E-state index in [1.807, 2.05) is 50.2 Å². The molecule has 28 heavy (non-hydrogen) atoms. The van der Waals surface area contributed by atoms with E-state index >= 15 is 0 Å². The summed E-state index contributed by atoms with van der Waals surface area (Å²) in [6.07, 6.45) is 0.746. The number of ether oxygens (including phenoxy) is 1. The van der Waals surface area contributed by atoms with Crippen LogP contribution in [-0.4, -0.2) is 15.5 Å². The third-order valence-electron chi connectivity index (χ3n) is 4.90. The molecule has 0 unspecified atom stereocenters. The Morgan fingerprint density at radius 2 is 1.54 bits per heavy atom. The minimum atomic E-state index is -3.72. The lowest BCUT2D eigenvalue weighted by Gasteiger charge is -2.17. The highest BCUT2D eigenvalue weighted by Gasteiger charge is 2.23. The zero-order valence-electron chi connectivity index (χ0n) is 16.6. The molecule has 0 bridgehead atoms. The first kappa shape index (κ1) is 20.0. The van der Waals surface area contributed by atoms with Crippen LogP contribution in [0.15, 0.2) is 65.6 Å². The zero-order chi connectivity index (χ0) is 20.3. The van der Waals surface area contributed by atoms with Crippen LogP contribution in [-0.2, 0) is 16.4 Å². The molecule has 0 fully saturated rings. The Balaban J connectivity index is 1.91. The van der Waals surface area contributed by atoms with Crippen molar-refractivity contribution in [1.29, 1.82) is 0 Å². The molecule has 0 saturated heterocycles. The molecule has 0 amide bonds. The molecule has 0 radical (unpaired) electrons. The number of hydrogen-bond donors (Lipinski definition) is 1. The van der Waals surface area contributed by atoms with Gasteiger partial charge in [-0.15, -0.1) is 0 Å². The summed E-state index contributed by atoms with van der Waals surface area (Å²) < 4.78 is 34.3. The summed E-state index contributed by atoms with van der Waals surface area (Å²) in [6.45, 7) is 5.47. The third-order valence-corrected chi connectivity index (χ3v) is 6.57. The highest BCUT2D eigenvalue weighted by Crippen LogP contribution is 2.31. The first-order valence-corrected chi connectivity index (χ1v) is 10.6. The van der Waals surface area contributed by atoms with Crippen molar-refractivity contribution in [3.05, 3.63) is 88.5 Å². The Kier molecular flexibility index (Phi) is 5.75. The maximum Gasteiger partial charge on any atom is 0.262 e. The number of anilines is 1. The van der Waals surface area contributed by atoms with Crippen LogP contribution in [0.3, 0.4) is 0 Å². The SMILES string of the molecule is COc1cc(C)c(S(=O)(=O)Nc2cccc(Cc3ccccc3)c2)c(C)c1C. The summed E-state index contributed by atoms with van der Waals surface area (Å²) in [5.74, 6) is 0.693. The fourth-order valence-electron chi connectivity index (χ4n) is 3.43. The Labute approximate surface area is 167 Å². The molecular weight excluding hydrogens is 370 g/mol. The average Bonchev–Trinajstić information content (AvgIpc) is 2.65. The summed E-state index contributed by atoms with van der Waals surface area (Å²) in [5.41, 5.74) is 4.97. The summed E-state index contributed by atoms with van der Waals surface area (Å²) >= 11 is 0. The summed E-state index contributed by atoms with van der Waals surface area (Å²) in [4.78, 5) is 0.305. The molecule has 3 aromatic carbocycles. The molecule has 1 N–H and O–H groups in total. The molecule has 5 heteroatoms. The van der Waals surface area contributed by atoms with Crippen molar-refractivity contribution in [3.8, 4) is 5.75 Å². The molecule has 4 nitrogen and oxygen atoms in total. The normalized spacial score (nSPS) is 11.3. The topological polar surface area (TPSA) is 55.4 Å². The Morgan fingerprint density at radius 3 is 2.21 bits per heavy atom. The van der Waals surface area contributed by atoms with Crippen molar-refractivity contribution in [1.82, 2.24) is 0 Å². The fraction of sp³-hybridized carbons (Fsp3) is 0.217. The quantitative estimate of drug-likeness (QED) is 0.638. The van der Waals surface area contributed by atoms with Gasteiger partial charge in [0.15, 0.2) is 0 Å². The number of sulfonamides is 1. The fourth-order valence-corrected chi connectivity index (χ4v) is 5.01. The molecule has 0 aliphatic heterocycles. The van der Waals surface area contributed by atoms with Gasteiger partial charge >= 0.3 is 0 Å². The van der Waals surface area contributed by atoms with Crippen molar-refractivity contribution in [2.75, 3.05) is 11.8 Å². The molecule has 3 rings (SSSR count). The van der Waals surface area contributed by atoms with E-state index < -0.39 is 10.0 Å². The van der Waals surface area contributed by atoms with Gasteiger partial charge in [-0.1, -0.05) is 42.5 Å². The van der Waals surface area contributed by atoms with Crippen LogP contribution < -0.4 is 9.46 Å². The number of aryl methyl sites for hydroxylation is 1. The third kappa shape index (κ3) is 4.20. The van der Waals surface area contributed by atoms with Gasteiger partial charge in [-0.3, -0.25) is 4.72 Å². The maximum absolute atomic E-state index is 13.1. The highest BCUT2D eigenvalue weighted by atomic mass is 32.2. The highest BCUT2D eigenvalue weighted by molar-refractivity contribution is 7.92. The molecule has 3 aromatic rings. The Bertz CT molecular complexity index is 1090. The molecule has 0 saturated carbocycles. The minimum Gasteiger partial charge on any atom is -0.496 e. The van der Waals surface area contributed by atoms with Crippen LogP contribution in [0.4, 0.5) is 5.69 Å². The van der Waals surface area contributed by atoms with E-state index in [0.717, 1.165) is 17.5 Å². The van der Waals surface area contributed by atoms with Gasteiger partial charge < -0.3 is 4.74 Å². The molecule has 0 atom stereocenters. The van der Waals surface area contributed by atoms with Gasteiger partial charge in [-0.2, -0.15) is 0 Å². The second-order valence-corrected chi connectivity index (χ2v) is 8.56. The van der Waals surface area contributed by atoms with E-state index in [1.165, 1.54) is 5.56 Å². The van der Waals surface area contributed by atoms with E-state index in [0.29, 0.717) is 27.5 Å². The van der Waals surface area contributed by atoms with Crippen molar-refractivity contribution in [3.63, 3.8) is 0 Å². The number of methoxy groups -OCH3 is 1. The molecule has 0 spiro atoms. The monoisotopic (exact) mass is 395 g/mol. The first-order chi connectivity index (χ1) is 13.3. The average molecular weight is 396 g/mol. The van der Waals surface area contributed by atoms with Crippen LogP contribution in [0.1, 0.15) is 27.8 Å². The second-order valence-electron chi connectivity index (χ2n) is 6.94. The van der Waals surface area contributed by atoms with Crippen LogP contribution in [0, 0.1) is 20.8 Å². The lowest BCUT2D eigenvalue weighted by Crippen LogP contribution is -2.16. The van der Waals surface area contributed by atoms with Gasteiger partial charge in [0, 0.05) is 5.69 Å². The zero-order valence-corrected chi connectivity index (χ0v) is 17.4. The van der Waals surface area contributed by atoms with Crippen LogP contribution in [0.2, 0.25) is 0 Å². The molecule has 0 aliphatic rings. The molecule has 0 aliphatic carbocycles. The second kappa shape index (κ2) is 8.07. The molecule has 0 heterocycles.